The first-order valence-corrected chi connectivity index (χ1v) is 5.22. The predicted molar refractivity (Wildman–Crippen MR) is 58.1 cm³/mol. The second-order valence-electron chi connectivity index (χ2n) is 3.47. The highest BCUT2D eigenvalue weighted by molar-refractivity contribution is 6.20. The molecule has 0 bridgehead atoms. The standard InChI is InChI=1S/C10H10ClFN4/c1-6-4-3-5-8(12)9(6)16-10(7(2)11)13-14-15-16/h3-5,7H,1-2H3. The summed E-state index contributed by atoms with van der Waals surface area (Å²) in [5.41, 5.74) is 1.10. The lowest BCUT2D eigenvalue weighted by atomic mass is 10.2. The van der Waals surface area contributed by atoms with Crippen molar-refractivity contribution < 1.29 is 4.39 Å². The number of hydrogen-bond acceptors (Lipinski definition) is 3. The topological polar surface area (TPSA) is 43.6 Å². The Morgan fingerprint density at radius 1 is 1.44 bits per heavy atom. The summed E-state index contributed by atoms with van der Waals surface area (Å²) in [7, 11) is 0. The fourth-order valence-electron chi connectivity index (χ4n) is 1.49. The summed E-state index contributed by atoms with van der Waals surface area (Å²) in [5, 5.41) is 10.7. The third kappa shape index (κ3) is 1.78. The minimum absolute atomic E-state index is 0.343. The number of halogens is 2. The summed E-state index contributed by atoms with van der Waals surface area (Å²) in [5.74, 6) is 0.0562. The van der Waals surface area contributed by atoms with Crippen molar-refractivity contribution in [1.82, 2.24) is 20.2 Å². The minimum atomic E-state index is -0.381. The van der Waals surface area contributed by atoms with Gasteiger partial charge in [0.05, 0.1) is 5.38 Å². The van der Waals surface area contributed by atoms with E-state index >= 15 is 0 Å². The lowest BCUT2D eigenvalue weighted by Gasteiger charge is -2.09. The second-order valence-corrected chi connectivity index (χ2v) is 4.12. The quantitative estimate of drug-likeness (QED) is 0.757. The molecular weight excluding hydrogens is 231 g/mol. The van der Waals surface area contributed by atoms with E-state index in [9.17, 15) is 4.39 Å². The molecule has 6 heteroatoms. The van der Waals surface area contributed by atoms with Crippen LogP contribution in [0.15, 0.2) is 18.2 Å². The SMILES string of the molecule is Cc1cccc(F)c1-n1nnnc1C(C)Cl. The number of tetrazole rings is 1. The Labute approximate surface area is 97.0 Å². The van der Waals surface area contributed by atoms with Crippen molar-refractivity contribution in [3.05, 3.63) is 35.4 Å². The number of para-hydroxylation sites is 1. The van der Waals surface area contributed by atoms with Gasteiger partial charge in [-0.25, -0.2) is 4.39 Å². The minimum Gasteiger partial charge on any atom is -0.205 e. The Hall–Kier alpha value is -1.49. The van der Waals surface area contributed by atoms with E-state index in [1.807, 2.05) is 0 Å². The normalized spacial score (nSPS) is 12.8. The maximum atomic E-state index is 13.7. The van der Waals surface area contributed by atoms with E-state index in [4.69, 9.17) is 11.6 Å². The van der Waals surface area contributed by atoms with Gasteiger partial charge in [0.1, 0.15) is 11.5 Å². The molecule has 0 amide bonds. The molecule has 0 aliphatic carbocycles. The van der Waals surface area contributed by atoms with Crippen LogP contribution in [0, 0.1) is 12.7 Å². The highest BCUT2D eigenvalue weighted by atomic mass is 35.5. The average Bonchev–Trinajstić information content (AvgIpc) is 2.66. The first-order chi connectivity index (χ1) is 7.61. The summed E-state index contributed by atoms with van der Waals surface area (Å²) in [6.45, 7) is 3.53. The Bertz CT molecular complexity index is 489. The van der Waals surface area contributed by atoms with E-state index in [0.717, 1.165) is 5.56 Å². The molecule has 1 aromatic heterocycles. The summed E-state index contributed by atoms with van der Waals surface area (Å²) in [4.78, 5) is 0. The van der Waals surface area contributed by atoms with Gasteiger partial charge in [0.25, 0.3) is 0 Å². The van der Waals surface area contributed by atoms with Gasteiger partial charge in [0.15, 0.2) is 5.82 Å². The van der Waals surface area contributed by atoms with Crippen LogP contribution in [0.5, 0.6) is 0 Å². The number of rotatable bonds is 2. The molecule has 2 aromatic rings. The monoisotopic (exact) mass is 240 g/mol. The van der Waals surface area contributed by atoms with Gasteiger partial charge in [-0.3, -0.25) is 0 Å². The van der Waals surface area contributed by atoms with Crippen molar-refractivity contribution in [2.75, 3.05) is 0 Å². The van der Waals surface area contributed by atoms with E-state index in [-0.39, 0.29) is 11.2 Å². The molecule has 84 valence electrons. The van der Waals surface area contributed by atoms with Gasteiger partial charge in [-0.05, 0) is 35.9 Å². The van der Waals surface area contributed by atoms with E-state index in [1.165, 1.54) is 10.7 Å². The molecule has 0 N–H and O–H groups in total. The zero-order valence-electron chi connectivity index (χ0n) is 8.85. The number of nitrogens with zero attached hydrogens (tertiary/aromatic N) is 4. The average molecular weight is 241 g/mol. The maximum absolute atomic E-state index is 13.7. The predicted octanol–water partition coefficient (Wildman–Crippen LogP) is 2.41. The smallest absolute Gasteiger partial charge is 0.174 e. The molecule has 0 spiro atoms. The molecule has 0 saturated carbocycles. The lowest BCUT2D eigenvalue weighted by molar-refractivity contribution is 0.600. The first kappa shape index (κ1) is 11.0. The fourth-order valence-corrected chi connectivity index (χ4v) is 1.63. The number of aryl methyl sites for hydroxylation is 1. The van der Waals surface area contributed by atoms with Crippen LogP contribution in [0.2, 0.25) is 0 Å². The molecule has 2 rings (SSSR count). The van der Waals surface area contributed by atoms with Crippen LogP contribution < -0.4 is 0 Å². The van der Waals surface area contributed by atoms with Gasteiger partial charge in [0, 0.05) is 0 Å². The Kier molecular flexibility index (Phi) is 2.87. The number of hydrogen-bond donors (Lipinski definition) is 0. The van der Waals surface area contributed by atoms with Crippen LogP contribution in [-0.2, 0) is 0 Å². The summed E-state index contributed by atoms with van der Waals surface area (Å²) in [6.07, 6.45) is 0. The molecule has 0 aliphatic rings. The van der Waals surface area contributed by atoms with E-state index in [2.05, 4.69) is 15.5 Å². The second kappa shape index (κ2) is 4.17. The summed E-state index contributed by atoms with van der Waals surface area (Å²) in [6, 6.07) is 4.80. The van der Waals surface area contributed by atoms with Gasteiger partial charge in [-0.2, -0.15) is 4.68 Å². The maximum Gasteiger partial charge on any atom is 0.174 e. The number of benzene rings is 1. The molecule has 1 aromatic carbocycles. The van der Waals surface area contributed by atoms with Crippen LogP contribution in [0.4, 0.5) is 4.39 Å². The van der Waals surface area contributed by atoms with Gasteiger partial charge in [-0.1, -0.05) is 12.1 Å². The van der Waals surface area contributed by atoms with Gasteiger partial charge >= 0.3 is 0 Å². The van der Waals surface area contributed by atoms with Gasteiger partial charge in [0.2, 0.25) is 0 Å². The highest BCUT2D eigenvalue weighted by Crippen LogP contribution is 2.22. The van der Waals surface area contributed by atoms with E-state index in [1.54, 1.807) is 26.0 Å². The highest BCUT2D eigenvalue weighted by Gasteiger charge is 2.17. The summed E-state index contributed by atoms with van der Waals surface area (Å²) < 4.78 is 15.0. The van der Waals surface area contributed by atoms with Crippen LogP contribution >= 0.6 is 11.6 Å². The van der Waals surface area contributed by atoms with Crippen molar-refractivity contribution in [1.29, 1.82) is 0 Å². The van der Waals surface area contributed by atoms with E-state index < -0.39 is 0 Å². The Morgan fingerprint density at radius 2 is 2.19 bits per heavy atom. The molecule has 1 unspecified atom stereocenters. The molecule has 0 fully saturated rings. The Balaban J connectivity index is 2.63. The molecule has 1 heterocycles. The van der Waals surface area contributed by atoms with Crippen molar-refractivity contribution >= 4 is 11.6 Å². The van der Waals surface area contributed by atoms with Crippen molar-refractivity contribution in [3.8, 4) is 5.69 Å². The van der Waals surface area contributed by atoms with Crippen LogP contribution in [0.25, 0.3) is 5.69 Å². The zero-order chi connectivity index (χ0) is 11.7. The molecule has 16 heavy (non-hydrogen) atoms. The summed E-state index contributed by atoms with van der Waals surface area (Å²) >= 11 is 5.92. The molecule has 0 saturated heterocycles. The van der Waals surface area contributed by atoms with Crippen LogP contribution in [0.1, 0.15) is 23.7 Å². The van der Waals surface area contributed by atoms with Gasteiger partial charge in [-0.15, -0.1) is 16.7 Å². The molecule has 4 nitrogen and oxygen atoms in total. The zero-order valence-corrected chi connectivity index (χ0v) is 9.61. The Morgan fingerprint density at radius 3 is 2.81 bits per heavy atom. The van der Waals surface area contributed by atoms with Crippen molar-refractivity contribution in [2.45, 2.75) is 19.2 Å². The molecule has 0 aliphatic heterocycles. The lowest BCUT2D eigenvalue weighted by Crippen LogP contribution is -2.07. The van der Waals surface area contributed by atoms with E-state index in [0.29, 0.717) is 11.5 Å². The van der Waals surface area contributed by atoms with Crippen molar-refractivity contribution in [2.24, 2.45) is 0 Å². The van der Waals surface area contributed by atoms with Gasteiger partial charge < -0.3 is 0 Å². The molecule has 0 radical (unpaired) electrons. The van der Waals surface area contributed by atoms with Crippen molar-refractivity contribution in [3.63, 3.8) is 0 Å². The molecule has 1 atom stereocenters. The molecular formula is C10H10ClFN4. The number of aromatic nitrogens is 4. The largest absolute Gasteiger partial charge is 0.205 e. The van der Waals surface area contributed by atoms with Crippen LogP contribution in [0.3, 0.4) is 0 Å². The third-order valence-electron chi connectivity index (χ3n) is 2.25. The van der Waals surface area contributed by atoms with Crippen LogP contribution in [-0.4, -0.2) is 20.2 Å². The third-order valence-corrected chi connectivity index (χ3v) is 2.44. The first-order valence-electron chi connectivity index (χ1n) is 4.79. The fraction of sp³-hybridized carbons (Fsp3) is 0.300. The number of alkyl halides is 1.